The maximum Gasteiger partial charge on any atom is 0.258 e. The number of amides is 1. The topological polar surface area (TPSA) is 80.5 Å². The molecule has 1 aliphatic rings. The summed E-state index contributed by atoms with van der Waals surface area (Å²) in [6.45, 7) is 10.0. The van der Waals surface area contributed by atoms with Gasteiger partial charge in [-0.05, 0) is 39.2 Å². The molecule has 0 aliphatic carbocycles. The van der Waals surface area contributed by atoms with Crippen molar-refractivity contribution in [3.05, 3.63) is 5.56 Å². The van der Waals surface area contributed by atoms with Crippen LogP contribution >= 0.6 is 11.5 Å². The van der Waals surface area contributed by atoms with Crippen LogP contribution in [0.2, 0.25) is 0 Å². The average Bonchev–Trinajstić information content (AvgIpc) is 2.69. The molecule has 0 bridgehead atoms. The third-order valence-corrected chi connectivity index (χ3v) is 3.98. The summed E-state index contributed by atoms with van der Waals surface area (Å²) in [6, 6.07) is 0.0655. The van der Waals surface area contributed by atoms with Crippen molar-refractivity contribution in [2.24, 2.45) is 0 Å². The second-order valence-electron chi connectivity index (χ2n) is 5.91. The minimum atomic E-state index is -0.233. The molecule has 0 saturated carbocycles. The fourth-order valence-corrected chi connectivity index (χ4v) is 3.08. The lowest BCUT2D eigenvalue weighted by Gasteiger charge is -2.38. The Balaban J connectivity index is 2.26. The van der Waals surface area contributed by atoms with Crippen LogP contribution in [-0.4, -0.2) is 41.6 Å². The summed E-state index contributed by atoms with van der Waals surface area (Å²) in [4.78, 5) is 14.4. The van der Waals surface area contributed by atoms with E-state index in [4.69, 9.17) is 10.5 Å². The predicted octanol–water partition coefficient (Wildman–Crippen LogP) is 1.48. The second-order valence-corrected chi connectivity index (χ2v) is 6.66. The standard InChI is InChI=1S/C13H22N4O2S/c1-8(2)15-11(18)9-10(14)16-20-12(9)17-5-6-19-13(3,4)7-17/h8H,5-7H2,1-4H3,(H2,14,16)(H,15,18). The van der Waals surface area contributed by atoms with Gasteiger partial charge >= 0.3 is 0 Å². The molecule has 7 heteroatoms. The lowest BCUT2D eigenvalue weighted by Crippen LogP contribution is -2.48. The molecule has 1 aliphatic heterocycles. The van der Waals surface area contributed by atoms with E-state index in [-0.39, 0.29) is 17.6 Å². The quantitative estimate of drug-likeness (QED) is 0.883. The van der Waals surface area contributed by atoms with Crippen LogP contribution in [-0.2, 0) is 4.74 Å². The number of hydrogen-bond donors (Lipinski definition) is 2. The number of anilines is 2. The summed E-state index contributed by atoms with van der Waals surface area (Å²) in [5.41, 5.74) is 6.13. The van der Waals surface area contributed by atoms with Crippen molar-refractivity contribution in [3.63, 3.8) is 0 Å². The number of carbonyl (C=O) groups excluding carboxylic acids is 1. The molecule has 0 spiro atoms. The molecule has 1 aromatic rings. The van der Waals surface area contributed by atoms with Gasteiger partial charge in [-0.3, -0.25) is 4.79 Å². The molecule has 0 aromatic carbocycles. The molecule has 0 unspecified atom stereocenters. The smallest absolute Gasteiger partial charge is 0.258 e. The van der Waals surface area contributed by atoms with Crippen LogP contribution in [0, 0.1) is 0 Å². The summed E-state index contributed by atoms with van der Waals surface area (Å²) in [5, 5.41) is 3.71. The number of ether oxygens (including phenoxy) is 1. The molecule has 1 fully saturated rings. The molecule has 2 heterocycles. The maximum absolute atomic E-state index is 12.3. The van der Waals surface area contributed by atoms with E-state index in [1.165, 1.54) is 11.5 Å². The molecule has 0 radical (unpaired) electrons. The number of nitrogens with zero attached hydrogens (tertiary/aromatic N) is 2. The molecular weight excluding hydrogens is 276 g/mol. The molecular formula is C13H22N4O2S. The van der Waals surface area contributed by atoms with Gasteiger partial charge in [-0.25, -0.2) is 0 Å². The minimum absolute atomic E-state index is 0.0655. The lowest BCUT2D eigenvalue weighted by atomic mass is 10.1. The first kappa shape index (κ1) is 15.1. The van der Waals surface area contributed by atoms with E-state index in [1.54, 1.807) is 0 Å². The summed E-state index contributed by atoms with van der Waals surface area (Å²) in [7, 11) is 0. The number of aromatic nitrogens is 1. The molecule has 1 amide bonds. The summed E-state index contributed by atoms with van der Waals surface area (Å²) >= 11 is 1.27. The van der Waals surface area contributed by atoms with E-state index < -0.39 is 0 Å². The second kappa shape index (κ2) is 5.57. The predicted molar refractivity (Wildman–Crippen MR) is 81.4 cm³/mol. The van der Waals surface area contributed by atoms with E-state index in [0.29, 0.717) is 18.0 Å². The van der Waals surface area contributed by atoms with Crippen LogP contribution in [0.25, 0.3) is 0 Å². The minimum Gasteiger partial charge on any atom is -0.382 e. The maximum atomic E-state index is 12.3. The number of nitrogens with one attached hydrogen (secondary N) is 1. The largest absolute Gasteiger partial charge is 0.382 e. The van der Waals surface area contributed by atoms with Gasteiger partial charge in [0.15, 0.2) is 5.82 Å². The number of nitrogen functional groups attached to an aromatic ring is 1. The molecule has 20 heavy (non-hydrogen) atoms. The SMILES string of the molecule is CC(C)NC(=O)c1c(N)nsc1N1CCOC(C)(C)C1. The highest BCUT2D eigenvalue weighted by molar-refractivity contribution is 7.11. The molecule has 112 valence electrons. The first-order chi connectivity index (χ1) is 9.30. The molecule has 6 nitrogen and oxygen atoms in total. The summed E-state index contributed by atoms with van der Waals surface area (Å²) < 4.78 is 9.84. The number of hydrogen-bond acceptors (Lipinski definition) is 6. The van der Waals surface area contributed by atoms with E-state index in [9.17, 15) is 4.79 Å². The first-order valence-electron chi connectivity index (χ1n) is 6.75. The monoisotopic (exact) mass is 298 g/mol. The average molecular weight is 298 g/mol. The zero-order valence-corrected chi connectivity index (χ0v) is 13.2. The van der Waals surface area contributed by atoms with Gasteiger partial charge in [-0.1, -0.05) is 0 Å². The van der Waals surface area contributed by atoms with Crippen molar-refractivity contribution >= 4 is 28.3 Å². The molecule has 2 rings (SSSR count). The van der Waals surface area contributed by atoms with Crippen LogP contribution < -0.4 is 16.0 Å². The fraction of sp³-hybridized carbons (Fsp3) is 0.692. The molecule has 1 aromatic heterocycles. The van der Waals surface area contributed by atoms with Gasteiger partial charge in [-0.2, -0.15) is 4.37 Å². The van der Waals surface area contributed by atoms with Gasteiger partial charge in [0.1, 0.15) is 10.6 Å². The summed E-state index contributed by atoms with van der Waals surface area (Å²) in [6.07, 6.45) is 0. The van der Waals surface area contributed by atoms with E-state index in [1.807, 2.05) is 27.7 Å². The Morgan fingerprint density at radius 1 is 1.55 bits per heavy atom. The Hall–Kier alpha value is -1.34. The van der Waals surface area contributed by atoms with Crippen molar-refractivity contribution in [1.82, 2.24) is 9.69 Å². The third kappa shape index (κ3) is 3.21. The van der Waals surface area contributed by atoms with Crippen LogP contribution in [0.1, 0.15) is 38.1 Å². The summed E-state index contributed by atoms with van der Waals surface area (Å²) in [5.74, 6) is 0.137. The molecule has 1 saturated heterocycles. The van der Waals surface area contributed by atoms with Gasteiger partial charge in [-0.15, -0.1) is 0 Å². The van der Waals surface area contributed by atoms with Crippen molar-refractivity contribution in [3.8, 4) is 0 Å². The van der Waals surface area contributed by atoms with Gasteiger partial charge < -0.3 is 20.7 Å². The van der Waals surface area contributed by atoms with Crippen LogP contribution in [0.15, 0.2) is 0 Å². The van der Waals surface area contributed by atoms with E-state index >= 15 is 0 Å². The van der Waals surface area contributed by atoms with Gasteiger partial charge in [0.2, 0.25) is 0 Å². The van der Waals surface area contributed by atoms with E-state index in [0.717, 1.165) is 18.1 Å². The highest BCUT2D eigenvalue weighted by Gasteiger charge is 2.31. The first-order valence-corrected chi connectivity index (χ1v) is 7.52. The molecule has 0 atom stereocenters. The zero-order chi connectivity index (χ0) is 14.9. The fourth-order valence-electron chi connectivity index (χ4n) is 2.25. The van der Waals surface area contributed by atoms with Crippen LogP contribution in [0.3, 0.4) is 0 Å². The lowest BCUT2D eigenvalue weighted by molar-refractivity contribution is -0.0275. The number of nitrogens with two attached hydrogens (primary N) is 1. The van der Waals surface area contributed by atoms with Crippen molar-refractivity contribution in [2.45, 2.75) is 39.3 Å². The van der Waals surface area contributed by atoms with Crippen molar-refractivity contribution < 1.29 is 9.53 Å². The molecule has 3 N–H and O–H groups in total. The Morgan fingerprint density at radius 2 is 2.25 bits per heavy atom. The van der Waals surface area contributed by atoms with Crippen molar-refractivity contribution in [2.75, 3.05) is 30.3 Å². The van der Waals surface area contributed by atoms with Crippen molar-refractivity contribution in [1.29, 1.82) is 0 Å². The highest BCUT2D eigenvalue weighted by atomic mass is 32.1. The number of morpholine rings is 1. The normalized spacial score (nSPS) is 18.4. The Labute approximate surface area is 123 Å². The Kier molecular flexibility index (Phi) is 4.19. The number of carbonyl (C=O) groups is 1. The Bertz CT molecular complexity index is 499. The van der Waals surface area contributed by atoms with Gasteiger partial charge in [0, 0.05) is 19.1 Å². The van der Waals surface area contributed by atoms with Gasteiger partial charge in [0.25, 0.3) is 5.91 Å². The number of rotatable bonds is 3. The third-order valence-electron chi connectivity index (χ3n) is 3.06. The Morgan fingerprint density at radius 3 is 2.85 bits per heavy atom. The van der Waals surface area contributed by atoms with E-state index in [2.05, 4.69) is 14.6 Å². The van der Waals surface area contributed by atoms with Gasteiger partial charge in [0.05, 0.1) is 12.2 Å². The van der Waals surface area contributed by atoms with Crippen LogP contribution in [0.4, 0.5) is 10.8 Å². The highest BCUT2D eigenvalue weighted by Crippen LogP contribution is 2.33. The zero-order valence-electron chi connectivity index (χ0n) is 12.4. The van der Waals surface area contributed by atoms with Crippen LogP contribution in [0.5, 0.6) is 0 Å².